The number of anilines is 1. The summed E-state index contributed by atoms with van der Waals surface area (Å²) in [6.45, 7) is 2.01. The van der Waals surface area contributed by atoms with Crippen LogP contribution in [0.25, 0.3) is 0 Å². The molecule has 0 aliphatic heterocycles. The second kappa shape index (κ2) is 5.46. The number of aromatic nitrogens is 1. The van der Waals surface area contributed by atoms with Gasteiger partial charge in [-0.25, -0.2) is 0 Å². The molecule has 0 aromatic carbocycles. The summed E-state index contributed by atoms with van der Waals surface area (Å²) in [4.78, 5) is 17.3. The normalized spacial score (nSPS) is 12.2. The predicted molar refractivity (Wildman–Crippen MR) is 60.5 cm³/mol. The molecule has 1 atom stereocenters. The van der Waals surface area contributed by atoms with Gasteiger partial charge in [-0.3, -0.25) is 9.78 Å². The molecule has 15 heavy (non-hydrogen) atoms. The molecule has 1 aromatic heterocycles. The van der Waals surface area contributed by atoms with Crippen LogP contribution in [0.3, 0.4) is 0 Å². The van der Waals surface area contributed by atoms with E-state index < -0.39 is 6.04 Å². The number of amides is 1. The fraction of sp³-hybridized carbons (Fsp3) is 0.455. The summed E-state index contributed by atoms with van der Waals surface area (Å²) < 4.78 is 0. The third kappa shape index (κ3) is 3.02. The quantitative estimate of drug-likeness (QED) is 0.806. The van der Waals surface area contributed by atoms with Gasteiger partial charge in [-0.1, -0.05) is 13.3 Å². The van der Waals surface area contributed by atoms with Crippen molar-refractivity contribution in [3.8, 4) is 0 Å². The summed E-state index contributed by atoms with van der Waals surface area (Å²) in [5, 5.41) is 0. The molecule has 1 aromatic rings. The van der Waals surface area contributed by atoms with Crippen molar-refractivity contribution in [2.24, 2.45) is 5.73 Å². The number of hydrogen-bond acceptors (Lipinski definition) is 3. The van der Waals surface area contributed by atoms with Gasteiger partial charge in [0.05, 0.1) is 17.9 Å². The van der Waals surface area contributed by atoms with E-state index in [1.165, 1.54) is 0 Å². The smallest absolute Gasteiger partial charge is 0.243 e. The van der Waals surface area contributed by atoms with Gasteiger partial charge >= 0.3 is 0 Å². The highest BCUT2D eigenvalue weighted by molar-refractivity contribution is 5.96. The molecule has 0 bridgehead atoms. The topological polar surface area (TPSA) is 59.2 Å². The Bertz CT molecular complexity index is 313. The summed E-state index contributed by atoms with van der Waals surface area (Å²) >= 11 is 0. The Hall–Kier alpha value is -1.42. The van der Waals surface area contributed by atoms with Crippen molar-refractivity contribution < 1.29 is 4.79 Å². The summed E-state index contributed by atoms with van der Waals surface area (Å²) in [6.07, 6.45) is 4.95. The molecule has 0 saturated heterocycles. The zero-order valence-electron chi connectivity index (χ0n) is 9.18. The maximum Gasteiger partial charge on any atom is 0.243 e. The van der Waals surface area contributed by atoms with Crippen LogP contribution in [0.4, 0.5) is 5.69 Å². The van der Waals surface area contributed by atoms with Crippen LogP contribution in [-0.4, -0.2) is 24.0 Å². The van der Waals surface area contributed by atoms with Gasteiger partial charge < -0.3 is 10.6 Å². The van der Waals surface area contributed by atoms with E-state index in [2.05, 4.69) is 4.98 Å². The Morgan fingerprint density at radius 2 is 2.40 bits per heavy atom. The maximum atomic E-state index is 11.8. The lowest BCUT2D eigenvalue weighted by Gasteiger charge is -2.20. The average molecular weight is 207 g/mol. The Balaban J connectivity index is 2.69. The van der Waals surface area contributed by atoms with E-state index in [-0.39, 0.29) is 5.91 Å². The highest BCUT2D eigenvalue weighted by atomic mass is 16.2. The SMILES string of the molecule is CCC[C@@H](N)C(=O)N(C)c1cccnc1. The first-order valence-corrected chi connectivity index (χ1v) is 5.10. The van der Waals surface area contributed by atoms with Crippen LogP contribution >= 0.6 is 0 Å². The Labute approximate surface area is 90.1 Å². The number of pyridine rings is 1. The fourth-order valence-electron chi connectivity index (χ4n) is 1.36. The van der Waals surface area contributed by atoms with Gasteiger partial charge in [-0.15, -0.1) is 0 Å². The lowest BCUT2D eigenvalue weighted by atomic mass is 10.1. The number of rotatable bonds is 4. The van der Waals surface area contributed by atoms with Crippen LogP contribution in [0.1, 0.15) is 19.8 Å². The Morgan fingerprint density at radius 3 is 2.93 bits per heavy atom. The molecule has 0 aliphatic carbocycles. The van der Waals surface area contributed by atoms with Crippen LogP contribution in [0.5, 0.6) is 0 Å². The predicted octanol–water partition coefficient (Wildman–Crippen LogP) is 1.17. The molecule has 0 aliphatic rings. The monoisotopic (exact) mass is 207 g/mol. The number of nitrogens with zero attached hydrogens (tertiary/aromatic N) is 2. The number of likely N-dealkylation sites (N-methyl/N-ethyl adjacent to an activating group) is 1. The molecule has 1 amide bonds. The molecular formula is C11H17N3O. The van der Waals surface area contributed by atoms with Crippen molar-refractivity contribution in [3.05, 3.63) is 24.5 Å². The summed E-state index contributed by atoms with van der Waals surface area (Å²) in [5.41, 5.74) is 6.53. The Morgan fingerprint density at radius 1 is 1.67 bits per heavy atom. The van der Waals surface area contributed by atoms with Crippen molar-refractivity contribution in [3.63, 3.8) is 0 Å². The van der Waals surface area contributed by atoms with Gasteiger partial charge in [-0.05, 0) is 18.6 Å². The van der Waals surface area contributed by atoms with E-state index in [0.717, 1.165) is 12.1 Å². The zero-order valence-corrected chi connectivity index (χ0v) is 9.18. The number of hydrogen-bond donors (Lipinski definition) is 1. The number of nitrogens with two attached hydrogens (primary N) is 1. The van der Waals surface area contributed by atoms with Gasteiger partial charge in [0, 0.05) is 13.2 Å². The standard InChI is InChI=1S/C11H17N3O/c1-3-5-10(12)11(15)14(2)9-6-4-7-13-8-9/h4,6-8,10H,3,5,12H2,1-2H3/t10-/m1/s1. The summed E-state index contributed by atoms with van der Waals surface area (Å²) in [6, 6.07) is 3.22. The minimum Gasteiger partial charge on any atom is -0.320 e. The molecule has 0 saturated carbocycles. The lowest BCUT2D eigenvalue weighted by molar-refractivity contribution is -0.119. The first-order chi connectivity index (χ1) is 7.16. The van der Waals surface area contributed by atoms with Crippen molar-refractivity contribution in [2.75, 3.05) is 11.9 Å². The van der Waals surface area contributed by atoms with Gasteiger partial charge in [0.25, 0.3) is 0 Å². The van der Waals surface area contributed by atoms with Crippen molar-refractivity contribution in [1.82, 2.24) is 4.98 Å². The first-order valence-electron chi connectivity index (χ1n) is 5.10. The van der Waals surface area contributed by atoms with Crippen LogP contribution < -0.4 is 10.6 Å². The molecule has 0 spiro atoms. The van der Waals surface area contributed by atoms with E-state index in [0.29, 0.717) is 6.42 Å². The maximum absolute atomic E-state index is 11.8. The molecule has 1 rings (SSSR count). The van der Waals surface area contributed by atoms with Gasteiger partial charge in [0.1, 0.15) is 0 Å². The van der Waals surface area contributed by atoms with E-state index in [4.69, 9.17) is 5.73 Å². The largest absolute Gasteiger partial charge is 0.320 e. The number of carbonyl (C=O) groups is 1. The highest BCUT2D eigenvalue weighted by Crippen LogP contribution is 2.11. The van der Waals surface area contributed by atoms with Gasteiger partial charge in [0.2, 0.25) is 5.91 Å². The molecule has 2 N–H and O–H groups in total. The summed E-state index contributed by atoms with van der Waals surface area (Å²) in [5.74, 6) is -0.0650. The second-order valence-electron chi connectivity index (χ2n) is 3.50. The molecule has 4 nitrogen and oxygen atoms in total. The molecule has 0 fully saturated rings. The third-order valence-corrected chi connectivity index (χ3v) is 2.28. The second-order valence-corrected chi connectivity index (χ2v) is 3.50. The lowest BCUT2D eigenvalue weighted by Crippen LogP contribution is -2.41. The average Bonchev–Trinajstić information content (AvgIpc) is 2.28. The fourth-order valence-corrected chi connectivity index (χ4v) is 1.36. The first kappa shape index (κ1) is 11.7. The van der Waals surface area contributed by atoms with Crippen LogP contribution in [0, 0.1) is 0 Å². The van der Waals surface area contributed by atoms with Crippen LogP contribution in [-0.2, 0) is 4.79 Å². The zero-order chi connectivity index (χ0) is 11.3. The molecular weight excluding hydrogens is 190 g/mol. The van der Waals surface area contributed by atoms with Crippen molar-refractivity contribution >= 4 is 11.6 Å². The van der Waals surface area contributed by atoms with Crippen LogP contribution in [0.15, 0.2) is 24.5 Å². The van der Waals surface area contributed by atoms with E-state index in [1.807, 2.05) is 13.0 Å². The molecule has 0 radical (unpaired) electrons. The molecule has 82 valence electrons. The van der Waals surface area contributed by atoms with E-state index in [9.17, 15) is 4.79 Å². The van der Waals surface area contributed by atoms with Crippen LogP contribution in [0.2, 0.25) is 0 Å². The third-order valence-electron chi connectivity index (χ3n) is 2.28. The minimum absolute atomic E-state index is 0.0650. The Kier molecular flexibility index (Phi) is 4.24. The van der Waals surface area contributed by atoms with Crippen molar-refractivity contribution in [1.29, 1.82) is 0 Å². The number of carbonyl (C=O) groups excluding carboxylic acids is 1. The van der Waals surface area contributed by atoms with Gasteiger partial charge in [-0.2, -0.15) is 0 Å². The van der Waals surface area contributed by atoms with Crippen molar-refractivity contribution in [2.45, 2.75) is 25.8 Å². The van der Waals surface area contributed by atoms with E-state index >= 15 is 0 Å². The molecule has 1 heterocycles. The molecule has 0 unspecified atom stereocenters. The molecule has 4 heteroatoms. The summed E-state index contributed by atoms with van der Waals surface area (Å²) in [7, 11) is 1.72. The van der Waals surface area contributed by atoms with E-state index in [1.54, 1.807) is 30.4 Å². The highest BCUT2D eigenvalue weighted by Gasteiger charge is 2.17. The minimum atomic E-state index is -0.416. The van der Waals surface area contributed by atoms with Gasteiger partial charge in [0.15, 0.2) is 0 Å².